The maximum Gasteiger partial charge on any atom is 0.311 e. The first-order chi connectivity index (χ1) is 17.2. The fourth-order valence-corrected chi connectivity index (χ4v) is 4.68. The zero-order valence-corrected chi connectivity index (χ0v) is 24.4. The molecule has 0 spiro atoms. The van der Waals surface area contributed by atoms with E-state index in [-0.39, 0.29) is 23.6 Å². The minimum atomic E-state index is -0.417. The van der Waals surface area contributed by atoms with Crippen LogP contribution >= 0.6 is 12.6 Å². The quantitative estimate of drug-likeness (QED) is 0.0644. The number of ether oxygens (including phenoxy) is 2. The van der Waals surface area contributed by atoms with Crippen LogP contribution in [0.15, 0.2) is 36.1 Å². The maximum absolute atomic E-state index is 12.3. The van der Waals surface area contributed by atoms with Gasteiger partial charge in [-0.2, -0.15) is 12.6 Å². The van der Waals surface area contributed by atoms with Crippen molar-refractivity contribution in [2.75, 3.05) is 6.61 Å². The van der Waals surface area contributed by atoms with Crippen molar-refractivity contribution >= 4 is 24.6 Å². The van der Waals surface area contributed by atoms with Crippen LogP contribution in [0.4, 0.5) is 0 Å². The lowest BCUT2D eigenvalue weighted by Gasteiger charge is -2.40. The third-order valence-corrected chi connectivity index (χ3v) is 7.76. The van der Waals surface area contributed by atoms with Gasteiger partial charge in [0.05, 0.1) is 19.4 Å². The van der Waals surface area contributed by atoms with Gasteiger partial charge >= 0.3 is 11.9 Å². The summed E-state index contributed by atoms with van der Waals surface area (Å²) in [6, 6.07) is 0. The van der Waals surface area contributed by atoms with Crippen molar-refractivity contribution in [3.63, 3.8) is 0 Å². The molecule has 0 aromatic heterocycles. The van der Waals surface area contributed by atoms with Crippen LogP contribution in [0, 0.1) is 5.41 Å². The van der Waals surface area contributed by atoms with Crippen molar-refractivity contribution < 1.29 is 19.1 Å². The van der Waals surface area contributed by atoms with Gasteiger partial charge in [0.25, 0.3) is 0 Å². The average Bonchev–Trinajstić information content (AvgIpc) is 2.84. The first-order valence-corrected chi connectivity index (χ1v) is 14.7. The van der Waals surface area contributed by atoms with Crippen molar-refractivity contribution in [1.29, 1.82) is 0 Å². The minimum absolute atomic E-state index is 0.0120. The van der Waals surface area contributed by atoms with E-state index in [4.69, 9.17) is 22.1 Å². The topological polar surface area (TPSA) is 52.6 Å². The summed E-state index contributed by atoms with van der Waals surface area (Å²) in [5.41, 5.74) is 0.381. The summed E-state index contributed by atoms with van der Waals surface area (Å²) < 4.78 is 10.8. The van der Waals surface area contributed by atoms with Crippen molar-refractivity contribution in [1.82, 2.24) is 0 Å². The fourth-order valence-electron chi connectivity index (χ4n) is 4.37. The van der Waals surface area contributed by atoms with Gasteiger partial charge in [-0.25, -0.2) is 0 Å². The molecule has 206 valence electrons. The molecule has 0 atom stereocenters. The summed E-state index contributed by atoms with van der Waals surface area (Å²) in [4.78, 5) is 24.4. The Bertz CT molecular complexity index is 710. The molecule has 0 radical (unpaired) electrons. The molecule has 0 aromatic carbocycles. The molecule has 0 bridgehead atoms. The molecule has 36 heavy (non-hydrogen) atoms. The van der Waals surface area contributed by atoms with Crippen molar-refractivity contribution in [2.45, 2.75) is 135 Å². The average molecular weight is 521 g/mol. The van der Waals surface area contributed by atoms with E-state index in [1.54, 1.807) is 6.08 Å². The Kier molecular flexibility index (Phi) is 16.9. The molecular formula is C31H52O4S. The third-order valence-electron chi connectivity index (χ3n) is 7.09. The second-order valence-corrected chi connectivity index (χ2v) is 12.0. The summed E-state index contributed by atoms with van der Waals surface area (Å²) >= 11 is 4.86. The monoisotopic (exact) mass is 520 g/mol. The molecule has 1 rings (SSSR count). The second-order valence-electron chi connectivity index (χ2n) is 11.1. The second kappa shape index (κ2) is 18.7. The molecule has 0 N–H and O–H groups in total. The zero-order valence-electron chi connectivity index (χ0n) is 23.5. The van der Waals surface area contributed by atoms with Crippen molar-refractivity contribution in [3.05, 3.63) is 36.1 Å². The molecule has 1 aliphatic rings. The molecule has 0 unspecified atom stereocenters. The molecule has 1 fully saturated rings. The van der Waals surface area contributed by atoms with Gasteiger partial charge in [-0.1, -0.05) is 83.9 Å². The highest BCUT2D eigenvalue weighted by molar-refractivity contribution is 7.81. The van der Waals surface area contributed by atoms with Gasteiger partial charge in [-0.3, -0.25) is 9.59 Å². The lowest BCUT2D eigenvalue weighted by Crippen LogP contribution is -2.33. The number of hydrogen-bond donors (Lipinski definition) is 1. The normalized spacial score (nSPS) is 17.5. The van der Waals surface area contributed by atoms with E-state index >= 15 is 0 Å². The van der Waals surface area contributed by atoms with Crippen LogP contribution in [-0.2, 0) is 19.1 Å². The van der Waals surface area contributed by atoms with Gasteiger partial charge in [-0.15, -0.1) is 0 Å². The number of carbonyl (C=O) groups excluding carboxylic acids is 2. The van der Waals surface area contributed by atoms with Crippen molar-refractivity contribution in [3.8, 4) is 0 Å². The van der Waals surface area contributed by atoms with Crippen LogP contribution < -0.4 is 0 Å². The van der Waals surface area contributed by atoms with Gasteiger partial charge in [0.15, 0.2) is 0 Å². The Labute approximate surface area is 226 Å². The van der Waals surface area contributed by atoms with Crippen LogP contribution in [0.25, 0.3) is 0 Å². The van der Waals surface area contributed by atoms with E-state index in [1.807, 2.05) is 25.2 Å². The Morgan fingerprint density at radius 1 is 0.889 bits per heavy atom. The van der Waals surface area contributed by atoms with Gasteiger partial charge < -0.3 is 9.47 Å². The summed E-state index contributed by atoms with van der Waals surface area (Å²) in [7, 11) is 0. The number of esters is 2. The number of rotatable bonds is 18. The molecular weight excluding hydrogens is 468 g/mol. The van der Waals surface area contributed by atoms with E-state index in [9.17, 15) is 9.59 Å². The van der Waals surface area contributed by atoms with Crippen molar-refractivity contribution in [2.24, 2.45) is 5.41 Å². The van der Waals surface area contributed by atoms with Crippen LogP contribution in [0.1, 0.15) is 130 Å². The first kappa shape index (κ1) is 32.5. The molecule has 0 heterocycles. The molecule has 5 heteroatoms. The van der Waals surface area contributed by atoms with Gasteiger partial charge in [0, 0.05) is 4.75 Å². The van der Waals surface area contributed by atoms with Gasteiger partial charge in [0.1, 0.15) is 5.76 Å². The van der Waals surface area contributed by atoms with Gasteiger partial charge in [0.2, 0.25) is 0 Å². The molecule has 4 nitrogen and oxygen atoms in total. The Hall–Kier alpha value is -1.49. The molecule has 1 aliphatic carbocycles. The van der Waals surface area contributed by atoms with E-state index in [2.05, 4.69) is 26.8 Å². The van der Waals surface area contributed by atoms with Crippen LogP contribution in [0.2, 0.25) is 0 Å². The predicted octanol–water partition coefficient (Wildman–Crippen LogP) is 9.06. The van der Waals surface area contributed by atoms with Gasteiger partial charge in [-0.05, 0) is 69.4 Å². The Balaban J connectivity index is 2.26. The highest BCUT2D eigenvalue weighted by Crippen LogP contribution is 2.44. The van der Waals surface area contributed by atoms with Crippen LogP contribution in [0.3, 0.4) is 0 Å². The Morgan fingerprint density at radius 2 is 1.50 bits per heavy atom. The smallest absolute Gasteiger partial charge is 0.311 e. The number of hydrogen-bond acceptors (Lipinski definition) is 5. The summed E-state index contributed by atoms with van der Waals surface area (Å²) in [5.74, 6) is -0.271. The highest BCUT2D eigenvalue weighted by atomic mass is 32.1. The largest absolute Gasteiger partial charge is 0.466 e. The number of unbranched alkanes of at least 4 members (excludes halogenated alkanes) is 8. The van der Waals surface area contributed by atoms with Crippen LogP contribution in [-0.4, -0.2) is 23.3 Å². The lowest BCUT2D eigenvalue weighted by atomic mass is 9.72. The fraction of sp³-hybridized carbons (Fsp3) is 0.742. The van der Waals surface area contributed by atoms with E-state index in [0.29, 0.717) is 17.8 Å². The molecule has 0 saturated heterocycles. The molecule has 0 aromatic rings. The molecule has 0 amide bonds. The maximum atomic E-state index is 12.3. The lowest BCUT2D eigenvalue weighted by molar-refractivity contribution is -0.148. The molecule has 0 aliphatic heterocycles. The third kappa shape index (κ3) is 16.3. The molecule has 1 saturated carbocycles. The van der Waals surface area contributed by atoms with E-state index in [0.717, 1.165) is 44.9 Å². The Morgan fingerprint density at radius 3 is 2.14 bits per heavy atom. The van der Waals surface area contributed by atoms with E-state index in [1.165, 1.54) is 44.9 Å². The highest BCUT2D eigenvalue weighted by Gasteiger charge is 2.35. The predicted molar refractivity (Wildman–Crippen MR) is 154 cm³/mol. The number of allylic oxidation sites excluding steroid dienone is 5. The summed E-state index contributed by atoms with van der Waals surface area (Å²) in [6.45, 7) is 9.11. The van der Waals surface area contributed by atoms with E-state index < -0.39 is 5.97 Å². The SMILES string of the molecule is CC=CC=C(C=CCCCCCCCCCC)OC(=O)CCC(=O)OCCC1(S)CCC(C)(C)CC1. The van der Waals surface area contributed by atoms with Crippen LogP contribution in [0.5, 0.6) is 0 Å². The number of thiol groups is 1. The standard InChI is InChI=1S/C31H52O4S/c1-5-7-9-10-11-12-13-14-15-16-18-27(17-8-6-2)35-29(33)20-19-28(32)34-26-25-31(36)23-21-30(3,4)22-24-31/h6,8,16-18,36H,5,7,9-15,19-26H2,1-4H3. The first-order valence-electron chi connectivity index (χ1n) is 14.3. The number of carbonyl (C=O) groups is 2. The zero-order chi connectivity index (χ0) is 26.7. The minimum Gasteiger partial charge on any atom is -0.466 e. The summed E-state index contributed by atoms with van der Waals surface area (Å²) in [6.07, 6.45) is 25.9. The summed E-state index contributed by atoms with van der Waals surface area (Å²) in [5, 5.41) is 0.